The normalized spacial score (nSPS) is 10.5. The minimum atomic E-state index is -0.326. The van der Waals surface area contributed by atoms with E-state index >= 15 is 0 Å². The lowest BCUT2D eigenvalue weighted by molar-refractivity contribution is 0.0605. The van der Waals surface area contributed by atoms with Gasteiger partial charge in [0.05, 0.1) is 7.11 Å². The zero-order valence-electron chi connectivity index (χ0n) is 8.40. The van der Waals surface area contributed by atoms with Crippen LogP contribution in [0.1, 0.15) is 15.2 Å². The summed E-state index contributed by atoms with van der Waals surface area (Å²) in [5.74, 6) is -0.117. The predicted octanol–water partition coefficient (Wildman–Crippen LogP) is 2.70. The van der Waals surface area contributed by atoms with Crippen LogP contribution in [0.4, 0.5) is 0 Å². The smallest absolute Gasteiger partial charge is 0.348 e. The molecule has 0 radical (unpaired) electrons. The number of benzene rings is 1. The monoisotopic (exact) mass is 222 g/mol. The molecule has 0 bridgehead atoms. The fourth-order valence-electron chi connectivity index (χ4n) is 1.50. The fourth-order valence-corrected chi connectivity index (χ4v) is 2.66. The lowest BCUT2D eigenvalue weighted by Gasteiger charge is -1.95. The van der Waals surface area contributed by atoms with Gasteiger partial charge in [-0.2, -0.15) is 0 Å². The maximum Gasteiger partial charge on any atom is 0.348 e. The van der Waals surface area contributed by atoms with Gasteiger partial charge in [0.15, 0.2) is 0 Å². The van der Waals surface area contributed by atoms with Gasteiger partial charge in [0.25, 0.3) is 0 Å². The van der Waals surface area contributed by atoms with Crippen molar-refractivity contribution in [3.63, 3.8) is 0 Å². The average Bonchev–Trinajstić information content (AvgIpc) is 2.54. The molecule has 0 aliphatic carbocycles. The van der Waals surface area contributed by atoms with Gasteiger partial charge in [-0.1, -0.05) is 0 Å². The Morgan fingerprint density at radius 2 is 2.20 bits per heavy atom. The number of ether oxygens (including phenoxy) is 1. The molecule has 0 saturated heterocycles. The van der Waals surface area contributed by atoms with Crippen LogP contribution in [-0.2, 0) is 4.74 Å². The van der Waals surface area contributed by atoms with Crippen molar-refractivity contribution in [3.8, 4) is 5.75 Å². The minimum Gasteiger partial charge on any atom is -0.508 e. The van der Waals surface area contributed by atoms with Crippen molar-refractivity contribution >= 4 is 27.4 Å². The SMILES string of the molecule is COC(=O)c1sc2cc(O)ccc2c1C. The lowest BCUT2D eigenvalue weighted by atomic mass is 10.1. The van der Waals surface area contributed by atoms with Crippen LogP contribution < -0.4 is 0 Å². The van der Waals surface area contributed by atoms with Crippen LogP contribution in [0.5, 0.6) is 5.75 Å². The quantitative estimate of drug-likeness (QED) is 0.754. The molecule has 0 amide bonds. The predicted molar refractivity (Wildman–Crippen MR) is 59.6 cm³/mol. The Kier molecular flexibility index (Phi) is 2.36. The maximum absolute atomic E-state index is 11.4. The summed E-state index contributed by atoms with van der Waals surface area (Å²) in [6.07, 6.45) is 0. The van der Waals surface area contributed by atoms with Gasteiger partial charge in [-0.3, -0.25) is 0 Å². The molecule has 0 aliphatic rings. The van der Waals surface area contributed by atoms with E-state index in [1.165, 1.54) is 18.4 Å². The first kappa shape index (κ1) is 9.98. The first-order chi connectivity index (χ1) is 7.13. The van der Waals surface area contributed by atoms with Gasteiger partial charge in [-0.05, 0) is 36.1 Å². The van der Waals surface area contributed by atoms with Crippen LogP contribution in [0, 0.1) is 6.92 Å². The molecule has 0 fully saturated rings. The van der Waals surface area contributed by atoms with E-state index in [-0.39, 0.29) is 11.7 Å². The molecule has 15 heavy (non-hydrogen) atoms. The summed E-state index contributed by atoms with van der Waals surface area (Å²) in [5, 5.41) is 10.3. The van der Waals surface area contributed by atoms with Crippen molar-refractivity contribution < 1.29 is 14.6 Å². The Hall–Kier alpha value is -1.55. The highest BCUT2D eigenvalue weighted by atomic mass is 32.1. The van der Waals surface area contributed by atoms with E-state index in [1.54, 1.807) is 12.1 Å². The summed E-state index contributed by atoms with van der Waals surface area (Å²) < 4.78 is 5.58. The Morgan fingerprint density at radius 1 is 1.47 bits per heavy atom. The third kappa shape index (κ3) is 1.57. The zero-order chi connectivity index (χ0) is 11.0. The summed E-state index contributed by atoms with van der Waals surface area (Å²) in [6, 6.07) is 5.07. The van der Waals surface area contributed by atoms with Gasteiger partial charge >= 0.3 is 5.97 Å². The van der Waals surface area contributed by atoms with Crippen LogP contribution in [0.15, 0.2) is 18.2 Å². The molecule has 0 unspecified atom stereocenters. The molecule has 0 saturated carbocycles. The van der Waals surface area contributed by atoms with E-state index in [2.05, 4.69) is 4.74 Å². The van der Waals surface area contributed by atoms with Gasteiger partial charge < -0.3 is 9.84 Å². The Bertz CT molecular complexity index is 528. The number of hydrogen-bond donors (Lipinski definition) is 1. The molecule has 1 aromatic heterocycles. The van der Waals surface area contributed by atoms with Crippen LogP contribution in [0.3, 0.4) is 0 Å². The van der Waals surface area contributed by atoms with Crippen molar-refractivity contribution in [1.82, 2.24) is 0 Å². The van der Waals surface area contributed by atoms with E-state index in [0.29, 0.717) is 4.88 Å². The van der Waals surface area contributed by atoms with Gasteiger partial charge in [-0.25, -0.2) is 4.79 Å². The van der Waals surface area contributed by atoms with E-state index in [1.807, 2.05) is 13.0 Å². The molecule has 2 rings (SSSR count). The first-order valence-corrected chi connectivity index (χ1v) is 5.25. The number of fused-ring (bicyclic) bond motifs is 1. The number of rotatable bonds is 1. The summed E-state index contributed by atoms with van der Waals surface area (Å²) >= 11 is 1.34. The van der Waals surface area contributed by atoms with E-state index in [0.717, 1.165) is 15.6 Å². The number of esters is 1. The number of hydrogen-bond acceptors (Lipinski definition) is 4. The number of phenolic OH excluding ortho intramolecular Hbond substituents is 1. The summed E-state index contributed by atoms with van der Waals surface area (Å²) in [4.78, 5) is 12.0. The van der Waals surface area contributed by atoms with Crippen LogP contribution in [0.2, 0.25) is 0 Å². The van der Waals surface area contributed by atoms with Crippen molar-refractivity contribution in [1.29, 1.82) is 0 Å². The summed E-state index contributed by atoms with van der Waals surface area (Å²) in [7, 11) is 1.36. The molecule has 1 N–H and O–H groups in total. The van der Waals surface area contributed by atoms with Crippen molar-refractivity contribution in [2.45, 2.75) is 6.92 Å². The van der Waals surface area contributed by atoms with Crippen molar-refractivity contribution in [2.24, 2.45) is 0 Å². The molecule has 3 nitrogen and oxygen atoms in total. The number of aryl methyl sites for hydroxylation is 1. The molecular weight excluding hydrogens is 212 g/mol. The third-order valence-electron chi connectivity index (χ3n) is 2.29. The highest BCUT2D eigenvalue weighted by Crippen LogP contribution is 2.33. The highest BCUT2D eigenvalue weighted by Gasteiger charge is 2.15. The molecule has 2 aromatic rings. The number of carbonyl (C=O) groups excluding carboxylic acids is 1. The minimum absolute atomic E-state index is 0.208. The summed E-state index contributed by atoms with van der Waals surface area (Å²) in [6.45, 7) is 1.88. The first-order valence-electron chi connectivity index (χ1n) is 4.44. The van der Waals surface area contributed by atoms with Crippen LogP contribution in [-0.4, -0.2) is 18.2 Å². The molecule has 0 atom stereocenters. The standard InChI is InChI=1S/C11H10O3S/c1-6-8-4-3-7(12)5-9(8)15-10(6)11(13)14-2/h3-5,12H,1-2H3. The average molecular weight is 222 g/mol. The number of phenols is 1. The van der Waals surface area contributed by atoms with Gasteiger partial charge in [0.2, 0.25) is 0 Å². The van der Waals surface area contributed by atoms with Crippen LogP contribution >= 0.6 is 11.3 Å². The maximum atomic E-state index is 11.4. The second-order valence-corrected chi connectivity index (χ2v) is 4.28. The van der Waals surface area contributed by atoms with Gasteiger partial charge in [0, 0.05) is 4.70 Å². The third-order valence-corrected chi connectivity index (χ3v) is 3.53. The lowest BCUT2D eigenvalue weighted by Crippen LogP contribution is -1.99. The van der Waals surface area contributed by atoms with E-state index in [9.17, 15) is 9.90 Å². The van der Waals surface area contributed by atoms with E-state index in [4.69, 9.17) is 0 Å². The zero-order valence-corrected chi connectivity index (χ0v) is 9.22. The number of aromatic hydroxyl groups is 1. The molecular formula is C11H10O3S. The Morgan fingerprint density at radius 3 is 2.87 bits per heavy atom. The number of carbonyl (C=O) groups is 1. The molecule has 1 aromatic carbocycles. The summed E-state index contributed by atoms with van der Waals surface area (Å²) in [5.41, 5.74) is 0.904. The second-order valence-electron chi connectivity index (χ2n) is 3.23. The fraction of sp³-hybridized carbons (Fsp3) is 0.182. The number of thiophene rings is 1. The van der Waals surface area contributed by atoms with Gasteiger partial charge in [0.1, 0.15) is 10.6 Å². The van der Waals surface area contributed by atoms with Gasteiger partial charge in [-0.15, -0.1) is 11.3 Å². The second kappa shape index (κ2) is 3.55. The van der Waals surface area contributed by atoms with E-state index < -0.39 is 0 Å². The molecule has 1 heterocycles. The molecule has 0 aliphatic heterocycles. The van der Waals surface area contributed by atoms with Crippen molar-refractivity contribution in [2.75, 3.05) is 7.11 Å². The van der Waals surface area contributed by atoms with Crippen LogP contribution in [0.25, 0.3) is 10.1 Å². The van der Waals surface area contributed by atoms with Crippen molar-refractivity contribution in [3.05, 3.63) is 28.6 Å². The largest absolute Gasteiger partial charge is 0.508 e. The highest BCUT2D eigenvalue weighted by molar-refractivity contribution is 7.21. The topological polar surface area (TPSA) is 46.5 Å². The molecule has 78 valence electrons. The Balaban J connectivity index is 2.69. The Labute approximate surface area is 90.9 Å². The molecule has 4 heteroatoms. The number of methoxy groups -OCH3 is 1. The molecule has 0 spiro atoms.